The second kappa shape index (κ2) is 8.49. The number of hydrogen-bond donors (Lipinski definition) is 0. The van der Waals surface area contributed by atoms with Crippen molar-refractivity contribution in [3.8, 4) is 0 Å². The summed E-state index contributed by atoms with van der Waals surface area (Å²) >= 11 is 9.59. The Kier molecular flexibility index (Phi) is 6.62. The predicted molar refractivity (Wildman–Crippen MR) is 91.4 cm³/mol. The second-order valence-electron chi connectivity index (χ2n) is 5.23. The van der Waals surface area contributed by atoms with Crippen LogP contribution in [0.2, 0.25) is 0 Å². The summed E-state index contributed by atoms with van der Waals surface area (Å²) in [5, 5.41) is 0. The molecule has 0 amide bonds. The lowest BCUT2D eigenvalue weighted by Crippen LogP contribution is -2.07. The predicted octanol–water partition coefficient (Wildman–Crippen LogP) is 5.87. The summed E-state index contributed by atoms with van der Waals surface area (Å²) in [5.41, 5.74) is 2.79. The zero-order valence-corrected chi connectivity index (χ0v) is 13.9. The maximum absolute atomic E-state index is 6.12. The highest BCUT2D eigenvalue weighted by Gasteiger charge is 2.08. The molecule has 0 aromatic heterocycles. The molecule has 20 heavy (non-hydrogen) atoms. The van der Waals surface area contributed by atoms with Gasteiger partial charge in [0.2, 0.25) is 0 Å². The number of rotatable bonds is 7. The van der Waals surface area contributed by atoms with Gasteiger partial charge in [-0.3, -0.25) is 0 Å². The van der Waals surface area contributed by atoms with Crippen molar-refractivity contribution in [1.82, 2.24) is 0 Å². The number of hydrogen-bond acceptors (Lipinski definition) is 0. The zero-order valence-electron chi connectivity index (χ0n) is 11.6. The largest absolute Gasteiger partial charge is 0.126 e. The van der Waals surface area contributed by atoms with E-state index < -0.39 is 0 Å². The summed E-state index contributed by atoms with van der Waals surface area (Å²) in [6, 6.07) is 19.2. The van der Waals surface area contributed by atoms with Crippen molar-refractivity contribution < 1.29 is 0 Å². The topological polar surface area (TPSA) is 0 Å². The van der Waals surface area contributed by atoms with Crippen LogP contribution in [0.1, 0.15) is 24.0 Å². The third kappa shape index (κ3) is 5.30. The first kappa shape index (κ1) is 15.6. The van der Waals surface area contributed by atoms with Gasteiger partial charge in [0.15, 0.2) is 0 Å². The zero-order chi connectivity index (χ0) is 14.2. The van der Waals surface area contributed by atoms with Crippen molar-refractivity contribution in [3.05, 3.63) is 70.2 Å². The Morgan fingerprint density at radius 3 is 2.25 bits per heavy atom. The van der Waals surface area contributed by atoms with Gasteiger partial charge in [0, 0.05) is 10.4 Å². The second-order valence-corrected chi connectivity index (χ2v) is 6.45. The number of halogens is 2. The average molecular weight is 352 g/mol. The molecular weight excluding hydrogens is 332 g/mol. The van der Waals surface area contributed by atoms with Crippen LogP contribution in [0, 0.1) is 5.92 Å². The van der Waals surface area contributed by atoms with Gasteiger partial charge < -0.3 is 0 Å². The lowest BCUT2D eigenvalue weighted by molar-refractivity contribution is 0.513. The molecule has 0 saturated carbocycles. The molecule has 1 unspecified atom stereocenters. The van der Waals surface area contributed by atoms with E-state index in [9.17, 15) is 0 Å². The van der Waals surface area contributed by atoms with Gasteiger partial charge in [-0.15, -0.1) is 11.6 Å². The van der Waals surface area contributed by atoms with Crippen LogP contribution < -0.4 is 0 Å². The molecule has 0 aliphatic rings. The highest BCUT2D eigenvalue weighted by Crippen LogP contribution is 2.19. The Balaban J connectivity index is 1.79. The fourth-order valence-corrected chi connectivity index (χ4v) is 2.95. The lowest BCUT2D eigenvalue weighted by Gasteiger charge is -2.14. The van der Waals surface area contributed by atoms with Gasteiger partial charge in [-0.2, -0.15) is 0 Å². The standard InChI is InChI=1S/C18H20BrCl/c19-18-11-9-16(10-12-18)13-17(14-20)8-4-7-15-5-2-1-3-6-15/h1-3,5-6,9-12,17H,4,7-8,13-14H2. The third-order valence-corrected chi connectivity index (χ3v) is 4.54. The van der Waals surface area contributed by atoms with E-state index in [0.717, 1.165) is 23.2 Å². The van der Waals surface area contributed by atoms with Gasteiger partial charge in [0.05, 0.1) is 0 Å². The van der Waals surface area contributed by atoms with Gasteiger partial charge in [-0.05, 0) is 54.9 Å². The van der Waals surface area contributed by atoms with Crippen LogP contribution in [0.3, 0.4) is 0 Å². The van der Waals surface area contributed by atoms with E-state index in [2.05, 4.69) is 70.5 Å². The van der Waals surface area contributed by atoms with Crippen LogP contribution >= 0.6 is 27.5 Å². The third-order valence-electron chi connectivity index (χ3n) is 3.58. The molecule has 0 aliphatic heterocycles. The quantitative estimate of drug-likeness (QED) is 0.547. The molecule has 0 nitrogen and oxygen atoms in total. The molecule has 2 rings (SSSR count). The SMILES string of the molecule is ClCC(CCCc1ccccc1)Cc1ccc(Br)cc1. The van der Waals surface area contributed by atoms with Crippen molar-refractivity contribution in [3.63, 3.8) is 0 Å². The Morgan fingerprint density at radius 1 is 0.900 bits per heavy atom. The molecular formula is C18H20BrCl. The minimum absolute atomic E-state index is 0.571. The molecule has 0 N–H and O–H groups in total. The van der Waals surface area contributed by atoms with E-state index in [1.54, 1.807) is 0 Å². The van der Waals surface area contributed by atoms with Gasteiger partial charge in [-0.1, -0.05) is 58.4 Å². The summed E-state index contributed by atoms with van der Waals surface area (Å²) in [6.07, 6.45) is 4.62. The Bertz CT molecular complexity index is 493. The molecule has 106 valence electrons. The molecule has 0 spiro atoms. The molecule has 0 bridgehead atoms. The number of alkyl halides is 1. The Hall–Kier alpha value is -0.790. The monoisotopic (exact) mass is 350 g/mol. The van der Waals surface area contributed by atoms with Crippen molar-refractivity contribution in [1.29, 1.82) is 0 Å². The molecule has 0 aliphatic carbocycles. The normalized spacial score (nSPS) is 12.3. The van der Waals surface area contributed by atoms with E-state index in [0.29, 0.717) is 5.92 Å². The van der Waals surface area contributed by atoms with Crippen LogP contribution in [0.15, 0.2) is 59.1 Å². The fourth-order valence-electron chi connectivity index (χ4n) is 2.43. The summed E-state index contributed by atoms with van der Waals surface area (Å²) in [4.78, 5) is 0. The maximum Gasteiger partial charge on any atom is 0.0254 e. The fraction of sp³-hybridized carbons (Fsp3) is 0.333. The average Bonchev–Trinajstić information content (AvgIpc) is 2.49. The van der Waals surface area contributed by atoms with Gasteiger partial charge >= 0.3 is 0 Å². The molecule has 0 radical (unpaired) electrons. The molecule has 2 aromatic rings. The van der Waals surface area contributed by atoms with Crippen molar-refractivity contribution >= 4 is 27.5 Å². The highest BCUT2D eigenvalue weighted by atomic mass is 79.9. The van der Waals surface area contributed by atoms with Crippen molar-refractivity contribution in [2.45, 2.75) is 25.7 Å². The van der Waals surface area contributed by atoms with Crippen LogP contribution in [0.5, 0.6) is 0 Å². The van der Waals surface area contributed by atoms with Gasteiger partial charge in [0.1, 0.15) is 0 Å². The first-order valence-corrected chi connectivity index (χ1v) is 8.45. The Morgan fingerprint density at radius 2 is 1.60 bits per heavy atom. The summed E-state index contributed by atoms with van der Waals surface area (Å²) in [6.45, 7) is 0. The van der Waals surface area contributed by atoms with Crippen molar-refractivity contribution in [2.75, 3.05) is 5.88 Å². The highest BCUT2D eigenvalue weighted by molar-refractivity contribution is 9.10. The summed E-state index contributed by atoms with van der Waals surface area (Å²) < 4.78 is 1.13. The number of aryl methyl sites for hydroxylation is 1. The van der Waals surface area contributed by atoms with E-state index >= 15 is 0 Å². The van der Waals surface area contributed by atoms with Crippen molar-refractivity contribution in [2.24, 2.45) is 5.92 Å². The minimum atomic E-state index is 0.571. The van der Waals surface area contributed by atoms with Gasteiger partial charge in [0.25, 0.3) is 0 Å². The first-order chi connectivity index (χ1) is 9.78. The first-order valence-electron chi connectivity index (χ1n) is 7.12. The lowest BCUT2D eigenvalue weighted by atomic mass is 9.94. The van der Waals surface area contributed by atoms with E-state index in [4.69, 9.17) is 11.6 Å². The van der Waals surface area contributed by atoms with Crippen LogP contribution in [0.25, 0.3) is 0 Å². The van der Waals surface area contributed by atoms with Crippen LogP contribution in [-0.4, -0.2) is 5.88 Å². The molecule has 0 heterocycles. The molecule has 2 heteroatoms. The van der Waals surface area contributed by atoms with E-state index in [1.807, 2.05) is 0 Å². The smallest absolute Gasteiger partial charge is 0.0254 e. The van der Waals surface area contributed by atoms with E-state index in [-0.39, 0.29) is 0 Å². The molecule has 0 saturated heterocycles. The number of benzene rings is 2. The van der Waals surface area contributed by atoms with Crippen LogP contribution in [0.4, 0.5) is 0 Å². The molecule has 2 aromatic carbocycles. The Labute approximate surface area is 135 Å². The summed E-state index contributed by atoms with van der Waals surface area (Å²) in [7, 11) is 0. The maximum atomic E-state index is 6.12. The van der Waals surface area contributed by atoms with Crippen LogP contribution in [-0.2, 0) is 12.8 Å². The molecule has 0 fully saturated rings. The van der Waals surface area contributed by atoms with Gasteiger partial charge in [-0.25, -0.2) is 0 Å². The molecule has 1 atom stereocenters. The minimum Gasteiger partial charge on any atom is -0.126 e. The summed E-state index contributed by atoms with van der Waals surface area (Å²) in [5.74, 6) is 1.31. The van der Waals surface area contributed by atoms with E-state index in [1.165, 1.54) is 24.0 Å².